The molecule has 0 N–H and O–H groups in total. The molecule has 29 heavy (non-hydrogen) atoms. The second kappa shape index (κ2) is 9.87. The number of rotatable bonds is 7. The maximum absolute atomic E-state index is 14.4. The second-order valence-corrected chi connectivity index (χ2v) is 8.43. The number of hydrogen-bond acceptors (Lipinski definition) is 4. The van der Waals surface area contributed by atoms with Gasteiger partial charge in [0.05, 0.1) is 17.6 Å². The number of methoxy groups -OCH3 is 1. The molecule has 1 unspecified atom stereocenters. The van der Waals surface area contributed by atoms with E-state index >= 15 is 0 Å². The van der Waals surface area contributed by atoms with Gasteiger partial charge in [0.25, 0.3) is 0 Å². The Balaban J connectivity index is 2.33. The summed E-state index contributed by atoms with van der Waals surface area (Å²) >= 11 is 3.15. The van der Waals surface area contributed by atoms with E-state index in [4.69, 9.17) is 9.47 Å². The third kappa shape index (κ3) is 6.56. The first-order valence-corrected chi connectivity index (χ1v) is 9.94. The Hall–Kier alpha value is -2.41. The number of amides is 1. The molecular weight excluding hydrogens is 441 g/mol. The molecule has 0 aliphatic heterocycles. The van der Waals surface area contributed by atoms with Crippen LogP contribution in [-0.4, -0.2) is 36.0 Å². The van der Waals surface area contributed by atoms with E-state index in [0.717, 1.165) is 5.56 Å². The van der Waals surface area contributed by atoms with Crippen LogP contribution in [0.2, 0.25) is 0 Å². The first kappa shape index (κ1) is 22.9. The highest BCUT2D eigenvalue weighted by Crippen LogP contribution is 2.23. The summed E-state index contributed by atoms with van der Waals surface area (Å²) in [5, 5.41) is 0. The molecule has 1 atom stereocenters. The van der Waals surface area contributed by atoms with Gasteiger partial charge in [0.15, 0.2) is 0 Å². The van der Waals surface area contributed by atoms with Crippen molar-refractivity contribution < 1.29 is 23.5 Å². The van der Waals surface area contributed by atoms with Crippen molar-refractivity contribution >= 4 is 28.3 Å². The van der Waals surface area contributed by atoms with Crippen molar-refractivity contribution in [2.24, 2.45) is 0 Å². The van der Waals surface area contributed by atoms with Crippen LogP contribution in [0, 0.1) is 5.82 Å². The molecule has 0 aliphatic carbocycles. The third-order valence-corrected chi connectivity index (χ3v) is 4.77. The number of ether oxygens (including phenoxy) is 2. The predicted molar refractivity (Wildman–Crippen MR) is 112 cm³/mol. The minimum atomic E-state index is -0.893. The zero-order valence-corrected chi connectivity index (χ0v) is 18.5. The summed E-state index contributed by atoms with van der Waals surface area (Å²) in [4.78, 5) is 26.1. The van der Waals surface area contributed by atoms with Crippen LogP contribution in [0.4, 0.5) is 9.18 Å². The van der Waals surface area contributed by atoms with Gasteiger partial charge < -0.3 is 14.3 Å². The first-order valence-electron chi connectivity index (χ1n) is 9.15. The Morgan fingerprint density at radius 3 is 2.41 bits per heavy atom. The van der Waals surface area contributed by atoms with Crippen molar-refractivity contribution in [2.75, 3.05) is 7.11 Å². The Morgan fingerprint density at radius 2 is 1.86 bits per heavy atom. The Kier molecular flexibility index (Phi) is 7.79. The molecule has 0 fully saturated rings. The Bertz CT molecular complexity index is 849. The highest BCUT2D eigenvalue weighted by molar-refractivity contribution is 9.10. The van der Waals surface area contributed by atoms with Gasteiger partial charge in [-0.1, -0.05) is 24.3 Å². The molecule has 7 heteroatoms. The van der Waals surface area contributed by atoms with Crippen LogP contribution in [0.15, 0.2) is 46.9 Å². The molecule has 2 aromatic rings. The summed E-state index contributed by atoms with van der Waals surface area (Å²) in [6, 6.07) is 11.1. The highest BCUT2D eigenvalue weighted by Gasteiger charge is 2.29. The van der Waals surface area contributed by atoms with Gasteiger partial charge in [-0.05, 0) is 66.0 Å². The van der Waals surface area contributed by atoms with E-state index in [-0.39, 0.29) is 13.0 Å². The summed E-state index contributed by atoms with van der Waals surface area (Å²) in [6.45, 7) is 5.39. The number of nitrogens with zero attached hydrogens (tertiary/aromatic N) is 1. The molecule has 2 rings (SSSR count). The quantitative estimate of drug-likeness (QED) is 0.530. The summed E-state index contributed by atoms with van der Waals surface area (Å²) in [5.74, 6) is 0.230. The zero-order chi connectivity index (χ0) is 21.6. The van der Waals surface area contributed by atoms with Crippen molar-refractivity contribution in [2.45, 2.75) is 45.4 Å². The summed E-state index contributed by atoms with van der Waals surface area (Å²) in [5.41, 5.74) is 0.391. The van der Waals surface area contributed by atoms with E-state index in [0.29, 0.717) is 22.1 Å². The Morgan fingerprint density at radius 1 is 1.21 bits per heavy atom. The monoisotopic (exact) mass is 465 g/mol. The van der Waals surface area contributed by atoms with Crippen LogP contribution >= 0.6 is 15.9 Å². The number of carbonyl (C=O) groups is 2. The van der Waals surface area contributed by atoms with E-state index in [9.17, 15) is 14.0 Å². The number of benzene rings is 2. The van der Waals surface area contributed by atoms with Gasteiger partial charge >= 0.3 is 6.09 Å². The van der Waals surface area contributed by atoms with Crippen LogP contribution < -0.4 is 4.74 Å². The highest BCUT2D eigenvalue weighted by atomic mass is 79.9. The lowest BCUT2D eigenvalue weighted by atomic mass is 10.0. The van der Waals surface area contributed by atoms with Crippen LogP contribution in [0.25, 0.3) is 0 Å². The van der Waals surface area contributed by atoms with Gasteiger partial charge in [-0.2, -0.15) is 0 Å². The minimum Gasteiger partial charge on any atom is -0.497 e. The van der Waals surface area contributed by atoms with Crippen molar-refractivity contribution in [1.82, 2.24) is 4.90 Å². The van der Waals surface area contributed by atoms with Crippen LogP contribution in [0.5, 0.6) is 5.75 Å². The fraction of sp³-hybridized carbons (Fsp3) is 0.364. The molecule has 0 saturated carbocycles. The number of aldehydes is 1. The van der Waals surface area contributed by atoms with Gasteiger partial charge in [-0.3, -0.25) is 4.90 Å². The molecule has 0 radical (unpaired) electrons. The normalized spacial score (nSPS) is 12.2. The van der Waals surface area contributed by atoms with Gasteiger partial charge in [0, 0.05) is 13.0 Å². The average Bonchev–Trinajstić information content (AvgIpc) is 2.66. The van der Waals surface area contributed by atoms with Gasteiger partial charge in [-0.15, -0.1) is 0 Å². The standard InChI is InChI=1S/C22H25BrFNO4/c1-22(2,3)29-21(27)25(13-15-8-10-18(28-4)11-9-15)17(14-26)12-16-6-5-7-19(23)20(16)24/h5-11,14,17H,12-13H2,1-4H3. The lowest BCUT2D eigenvalue weighted by Gasteiger charge is -2.31. The second-order valence-electron chi connectivity index (χ2n) is 7.58. The SMILES string of the molecule is COc1ccc(CN(C(=O)OC(C)(C)C)C(C=O)Cc2cccc(Br)c2F)cc1. The average molecular weight is 466 g/mol. The van der Waals surface area contributed by atoms with Crippen LogP contribution in [0.1, 0.15) is 31.9 Å². The minimum absolute atomic E-state index is 0.0319. The van der Waals surface area contributed by atoms with Gasteiger partial charge in [-0.25, -0.2) is 9.18 Å². The van der Waals surface area contributed by atoms with E-state index in [1.54, 1.807) is 70.3 Å². The number of carbonyl (C=O) groups excluding carboxylic acids is 2. The fourth-order valence-corrected chi connectivity index (χ4v) is 3.14. The molecule has 0 aliphatic rings. The van der Waals surface area contributed by atoms with Gasteiger partial charge in [0.1, 0.15) is 23.5 Å². The number of hydrogen-bond donors (Lipinski definition) is 0. The molecule has 0 heterocycles. The largest absolute Gasteiger partial charge is 0.497 e. The maximum atomic E-state index is 14.4. The Labute approximate surface area is 178 Å². The smallest absolute Gasteiger partial charge is 0.411 e. The lowest BCUT2D eigenvalue weighted by Crippen LogP contribution is -2.45. The number of halogens is 2. The summed E-state index contributed by atoms with van der Waals surface area (Å²) in [7, 11) is 1.57. The van der Waals surface area contributed by atoms with Crippen LogP contribution in [0.3, 0.4) is 0 Å². The topological polar surface area (TPSA) is 55.8 Å². The molecule has 156 valence electrons. The molecule has 5 nitrogen and oxygen atoms in total. The molecular formula is C22H25BrFNO4. The molecule has 0 aromatic heterocycles. The van der Waals surface area contributed by atoms with E-state index in [2.05, 4.69) is 15.9 Å². The first-order chi connectivity index (χ1) is 13.6. The third-order valence-electron chi connectivity index (χ3n) is 4.16. The van der Waals surface area contributed by atoms with Crippen molar-refractivity contribution in [3.63, 3.8) is 0 Å². The summed E-state index contributed by atoms with van der Waals surface area (Å²) < 4.78 is 25.4. The molecule has 1 amide bonds. The molecule has 0 saturated heterocycles. The van der Waals surface area contributed by atoms with Gasteiger partial charge in [0.2, 0.25) is 0 Å². The van der Waals surface area contributed by atoms with Crippen molar-refractivity contribution in [1.29, 1.82) is 0 Å². The van der Waals surface area contributed by atoms with Crippen LogP contribution in [-0.2, 0) is 22.5 Å². The van der Waals surface area contributed by atoms with Crippen molar-refractivity contribution in [3.8, 4) is 5.75 Å². The fourth-order valence-electron chi connectivity index (χ4n) is 2.73. The molecule has 0 spiro atoms. The predicted octanol–water partition coefficient (Wildman–Crippen LogP) is 5.14. The lowest BCUT2D eigenvalue weighted by molar-refractivity contribution is -0.112. The van der Waals surface area contributed by atoms with E-state index < -0.39 is 23.6 Å². The van der Waals surface area contributed by atoms with Crippen molar-refractivity contribution in [3.05, 3.63) is 63.9 Å². The zero-order valence-electron chi connectivity index (χ0n) is 16.9. The molecule has 0 bridgehead atoms. The van der Waals surface area contributed by atoms with E-state index in [1.807, 2.05) is 0 Å². The summed E-state index contributed by atoms with van der Waals surface area (Å²) in [6.07, 6.45) is 0.0404. The maximum Gasteiger partial charge on any atom is 0.411 e. The molecule has 2 aromatic carbocycles. The van der Waals surface area contributed by atoms with E-state index in [1.165, 1.54) is 4.90 Å².